The van der Waals surface area contributed by atoms with E-state index in [2.05, 4.69) is 36.6 Å². The average molecular weight is 286 g/mol. The first-order valence-electron chi connectivity index (χ1n) is 8.21. The van der Waals surface area contributed by atoms with Gasteiger partial charge in [-0.15, -0.1) is 0 Å². The van der Waals surface area contributed by atoms with E-state index in [4.69, 9.17) is 0 Å². The highest BCUT2D eigenvalue weighted by molar-refractivity contribution is 5.86. The fraction of sp³-hybridized carbons (Fsp3) is 0.611. The Morgan fingerprint density at radius 1 is 1.24 bits per heavy atom. The molecule has 1 fully saturated rings. The highest BCUT2D eigenvalue weighted by Gasteiger charge is 2.35. The van der Waals surface area contributed by atoms with Crippen molar-refractivity contribution in [2.45, 2.75) is 57.9 Å². The van der Waals surface area contributed by atoms with E-state index in [0.717, 1.165) is 30.6 Å². The number of hydrogen-bond donors (Lipinski definition) is 2. The summed E-state index contributed by atoms with van der Waals surface area (Å²) in [6, 6.07) is 8.52. The van der Waals surface area contributed by atoms with Gasteiger partial charge in [0.2, 0.25) is 5.91 Å². The second kappa shape index (κ2) is 5.70. The second-order valence-electron chi connectivity index (χ2n) is 7.15. The molecule has 114 valence electrons. The summed E-state index contributed by atoms with van der Waals surface area (Å²) in [4.78, 5) is 12.8. The van der Waals surface area contributed by atoms with Crippen molar-refractivity contribution in [3.8, 4) is 0 Å². The molecule has 1 aromatic carbocycles. The first kappa shape index (κ1) is 14.4. The maximum Gasteiger partial charge on any atom is 0.227 e. The summed E-state index contributed by atoms with van der Waals surface area (Å²) in [6.45, 7) is 5.45. The molecule has 2 aliphatic rings. The summed E-state index contributed by atoms with van der Waals surface area (Å²) >= 11 is 0. The monoisotopic (exact) mass is 286 g/mol. The van der Waals surface area contributed by atoms with E-state index in [0.29, 0.717) is 6.04 Å². The number of nitrogens with one attached hydrogen (secondary N) is 2. The predicted octanol–water partition coefficient (Wildman–Crippen LogP) is 3.67. The van der Waals surface area contributed by atoms with Crippen LogP contribution in [0.15, 0.2) is 24.3 Å². The highest BCUT2D eigenvalue weighted by atomic mass is 16.2. The van der Waals surface area contributed by atoms with Gasteiger partial charge in [0.25, 0.3) is 0 Å². The normalized spacial score (nSPS) is 27.3. The van der Waals surface area contributed by atoms with Gasteiger partial charge < -0.3 is 10.6 Å². The van der Waals surface area contributed by atoms with Crippen molar-refractivity contribution < 1.29 is 4.79 Å². The standard InChI is InChI=1S/C18H26N2O/c1-18(2)11-6-5-9-16(18)20-17(21)14-10-12-19-15-8-4-3-7-13(14)15/h3-4,7-8,14,16,19H,5-6,9-12H2,1-2H3,(H,20,21). The molecule has 1 aliphatic carbocycles. The molecule has 21 heavy (non-hydrogen) atoms. The highest BCUT2D eigenvalue weighted by Crippen LogP contribution is 2.37. The lowest BCUT2D eigenvalue weighted by Crippen LogP contribution is -2.48. The second-order valence-corrected chi connectivity index (χ2v) is 7.15. The number of amides is 1. The van der Waals surface area contributed by atoms with Gasteiger partial charge in [0.1, 0.15) is 0 Å². The maximum atomic E-state index is 12.8. The largest absolute Gasteiger partial charge is 0.385 e. The predicted molar refractivity (Wildman–Crippen MR) is 86.5 cm³/mol. The van der Waals surface area contributed by atoms with Crippen LogP contribution in [0.1, 0.15) is 57.4 Å². The average Bonchev–Trinajstić information content (AvgIpc) is 2.48. The zero-order chi connectivity index (χ0) is 14.9. The van der Waals surface area contributed by atoms with Crippen molar-refractivity contribution in [3.05, 3.63) is 29.8 Å². The van der Waals surface area contributed by atoms with Crippen LogP contribution in [-0.2, 0) is 4.79 Å². The van der Waals surface area contributed by atoms with E-state index < -0.39 is 0 Å². The molecular formula is C18H26N2O. The molecule has 1 amide bonds. The molecule has 1 aliphatic heterocycles. The minimum atomic E-state index is 0.000163. The van der Waals surface area contributed by atoms with Crippen LogP contribution < -0.4 is 10.6 Å². The fourth-order valence-electron chi connectivity index (χ4n) is 3.77. The number of carbonyl (C=O) groups excluding carboxylic acids is 1. The lowest BCUT2D eigenvalue weighted by atomic mass is 9.73. The van der Waals surface area contributed by atoms with Crippen LogP contribution in [-0.4, -0.2) is 18.5 Å². The van der Waals surface area contributed by atoms with E-state index in [1.165, 1.54) is 19.3 Å². The molecule has 2 atom stereocenters. The number of anilines is 1. The molecule has 1 saturated carbocycles. The summed E-state index contributed by atoms with van der Waals surface area (Å²) in [7, 11) is 0. The van der Waals surface area contributed by atoms with Crippen LogP contribution >= 0.6 is 0 Å². The third-order valence-electron chi connectivity index (χ3n) is 5.22. The zero-order valence-corrected chi connectivity index (χ0v) is 13.1. The Balaban J connectivity index is 1.74. The third kappa shape index (κ3) is 2.92. The van der Waals surface area contributed by atoms with E-state index in [-0.39, 0.29) is 17.2 Å². The minimum absolute atomic E-state index is 0.000163. The summed E-state index contributed by atoms with van der Waals surface area (Å²) < 4.78 is 0. The van der Waals surface area contributed by atoms with E-state index >= 15 is 0 Å². The number of rotatable bonds is 2. The van der Waals surface area contributed by atoms with Gasteiger partial charge in [-0.3, -0.25) is 4.79 Å². The third-order valence-corrected chi connectivity index (χ3v) is 5.22. The number of para-hydroxylation sites is 1. The van der Waals surface area contributed by atoms with Crippen LogP contribution in [0.4, 0.5) is 5.69 Å². The molecule has 2 unspecified atom stereocenters. The van der Waals surface area contributed by atoms with Gasteiger partial charge >= 0.3 is 0 Å². The van der Waals surface area contributed by atoms with E-state index in [1.807, 2.05) is 12.1 Å². The summed E-state index contributed by atoms with van der Waals surface area (Å²) in [6.07, 6.45) is 5.73. The van der Waals surface area contributed by atoms with Gasteiger partial charge in [-0.05, 0) is 36.3 Å². The lowest BCUT2D eigenvalue weighted by molar-refractivity contribution is -0.124. The van der Waals surface area contributed by atoms with Crippen molar-refractivity contribution in [1.29, 1.82) is 0 Å². The molecule has 0 saturated heterocycles. The molecule has 1 aromatic rings. The van der Waals surface area contributed by atoms with Crippen molar-refractivity contribution in [2.24, 2.45) is 5.41 Å². The lowest BCUT2D eigenvalue weighted by Gasteiger charge is -2.40. The summed E-state index contributed by atoms with van der Waals surface area (Å²) in [5.41, 5.74) is 2.49. The van der Waals surface area contributed by atoms with Crippen molar-refractivity contribution in [2.75, 3.05) is 11.9 Å². The van der Waals surface area contributed by atoms with Gasteiger partial charge in [0, 0.05) is 18.3 Å². The number of fused-ring (bicyclic) bond motifs is 1. The van der Waals surface area contributed by atoms with E-state index in [9.17, 15) is 4.79 Å². The Morgan fingerprint density at radius 2 is 2.05 bits per heavy atom. The van der Waals surface area contributed by atoms with Crippen LogP contribution in [0, 0.1) is 5.41 Å². The number of carbonyl (C=O) groups is 1. The zero-order valence-electron chi connectivity index (χ0n) is 13.1. The van der Waals surface area contributed by atoms with Crippen LogP contribution in [0.2, 0.25) is 0 Å². The summed E-state index contributed by atoms with van der Waals surface area (Å²) in [5, 5.41) is 6.74. The molecule has 0 spiro atoms. The molecule has 1 heterocycles. The fourth-order valence-corrected chi connectivity index (χ4v) is 3.77. The van der Waals surface area contributed by atoms with E-state index in [1.54, 1.807) is 0 Å². The van der Waals surface area contributed by atoms with Crippen LogP contribution in [0.3, 0.4) is 0 Å². The SMILES string of the molecule is CC1(C)CCCCC1NC(=O)C1CCNc2ccccc21. The Bertz CT molecular complexity index is 524. The van der Waals surface area contributed by atoms with Gasteiger partial charge in [-0.2, -0.15) is 0 Å². The molecule has 3 rings (SSSR count). The minimum Gasteiger partial charge on any atom is -0.385 e. The quantitative estimate of drug-likeness (QED) is 0.871. The molecule has 0 aromatic heterocycles. The first-order chi connectivity index (χ1) is 10.1. The molecule has 3 heteroatoms. The first-order valence-corrected chi connectivity index (χ1v) is 8.21. The Labute approximate surface area is 127 Å². The van der Waals surface area contributed by atoms with Gasteiger partial charge in [0.05, 0.1) is 5.92 Å². The van der Waals surface area contributed by atoms with Crippen molar-refractivity contribution >= 4 is 11.6 Å². The number of hydrogen-bond acceptors (Lipinski definition) is 2. The van der Waals surface area contributed by atoms with Gasteiger partial charge in [-0.25, -0.2) is 0 Å². The van der Waals surface area contributed by atoms with Crippen LogP contribution in [0.5, 0.6) is 0 Å². The van der Waals surface area contributed by atoms with Gasteiger partial charge in [-0.1, -0.05) is 44.9 Å². The van der Waals surface area contributed by atoms with Crippen molar-refractivity contribution in [1.82, 2.24) is 5.32 Å². The molecule has 2 N–H and O–H groups in total. The number of benzene rings is 1. The molecule has 3 nitrogen and oxygen atoms in total. The maximum absolute atomic E-state index is 12.8. The topological polar surface area (TPSA) is 41.1 Å². The Kier molecular flexibility index (Phi) is 3.92. The Morgan fingerprint density at radius 3 is 2.86 bits per heavy atom. The van der Waals surface area contributed by atoms with Gasteiger partial charge in [0.15, 0.2) is 0 Å². The Hall–Kier alpha value is -1.51. The molecule has 0 radical (unpaired) electrons. The molecule has 0 bridgehead atoms. The molecular weight excluding hydrogens is 260 g/mol. The van der Waals surface area contributed by atoms with Crippen molar-refractivity contribution in [3.63, 3.8) is 0 Å². The van der Waals surface area contributed by atoms with Crippen LogP contribution in [0.25, 0.3) is 0 Å². The summed E-state index contributed by atoms with van der Waals surface area (Å²) in [5.74, 6) is 0.212. The smallest absolute Gasteiger partial charge is 0.227 e.